The van der Waals surface area contributed by atoms with Crippen LogP contribution in [0, 0.1) is 11.8 Å². The molecule has 0 unspecified atom stereocenters. The van der Waals surface area contributed by atoms with Gasteiger partial charge < -0.3 is 14.4 Å². The average molecular weight is 537 g/mol. The smallest absolute Gasteiger partial charge is 0.226 e. The van der Waals surface area contributed by atoms with Crippen LogP contribution in [0.25, 0.3) is 11.0 Å². The quantitative estimate of drug-likeness (QED) is 0.250. The van der Waals surface area contributed by atoms with Crippen LogP contribution >= 0.6 is 11.3 Å². The van der Waals surface area contributed by atoms with Crippen LogP contribution in [0.3, 0.4) is 0 Å². The number of likely N-dealkylation sites (tertiary alicyclic amines) is 1. The molecule has 0 N–H and O–H groups in total. The van der Waals surface area contributed by atoms with Gasteiger partial charge in [-0.05, 0) is 75.3 Å². The number of ketones is 1. The van der Waals surface area contributed by atoms with E-state index in [4.69, 9.17) is 4.98 Å². The van der Waals surface area contributed by atoms with Crippen molar-refractivity contribution in [2.24, 2.45) is 11.8 Å². The average Bonchev–Trinajstić information content (AvgIpc) is 3.64. The van der Waals surface area contributed by atoms with Gasteiger partial charge in [-0.3, -0.25) is 9.59 Å². The highest BCUT2D eigenvalue weighted by Crippen LogP contribution is 2.30. The number of benzene rings is 1. The summed E-state index contributed by atoms with van der Waals surface area (Å²) < 4.78 is 2.38. The molecule has 0 spiro atoms. The van der Waals surface area contributed by atoms with Crippen molar-refractivity contribution < 1.29 is 9.59 Å². The number of nitrogens with zero attached hydrogens (tertiary/aromatic N) is 4. The van der Waals surface area contributed by atoms with Gasteiger partial charge in [0.05, 0.1) is 11.0 Å². The van der Waals surface area contributed by atoms with Crippen molar-refractivity contribution in [2.75, 3.05) is 27.2 Å². The van der Waals surface area contributed by atoms with E-state index in [1.807, 2.05) is 17.0 Å². The molecule has 2 atom stereocenters. The molecule has 1 aliphatic rings. The molecular formula is C31H44N4O2S. The number of hydrogen-bond acceptors (Lipinski definition) is 5. The lowest BCUT2D eigenvalue weighted by atomic mass is 9.89. The minimum Gasteiger partial charge on any atom is -0.341 e. The first-order valence-corrected chi connectivity index (χ1v) is 15.1. The first-order chi connectivity index (χ1) is 18.2. The Hall–Kier alpha value is -2.51. The number of rotatable bonds is 12. The van der Waals surface area contributed by atoms with E-state index in [0.717, 1.165) is 62.1 Å². The SMILES string of the molecule is CCC(CC)n1c(Cc2cccs2)nc2cc(C(=O)C[C@@H](CC(C)C)C(=O)N3CC[C@H](N(C)C)C3)ccc21. The van der Waals surface area contributed by atoms with E-state index in [0.29, 0.717) is 23.6 Å². The van der Waals surface area contributed by atoms with Crippen LogP contribution in [-0.2, 0) is 11.2 Å². The summed E-state index contributed by atoms with van der Waals surface area (Å²) >= 11 is 1.75. The highest BCUT2D eigenvalue weighted by atomic mass is 32.1. The van der Waals surface area contributed by atoms with E-state index in [1.165, 1.54) is 4.88 Å². The molecule has 1 fully saturated rings. The van der Waals surface area contributed by atoms with Crippen LogP contribution in [0.2, 0.25) is 0 Å². The molecule has 1 saturated heterocycles. The van der Waals surface area contributed by atoms with Gasteiger partial charge in [-0.2, -0.15) is 0 Å². The van der Waals surface area contributed by atoms with Crippen molar-refractivity contribution in [3.8, 4) is 0 Å². The Morgan fingerprint density at radius 2 is 1.92 bits per heavy atom. The molecule has 7 heteroatoms. The Labute approximate surface area is 232 Å². The lowest BCUT2D eigenvalue weighted by Gasteiger charge is -2.25. The molecule has 6 nitrogen and oxygen atoms in total. The molecule has 2 aromatic heterocycles. The monoisotopic (exact) mass is 536 g/mol. The number of amides is 1. The van der Waals surface area contributed by atoms with Crippen molar-refractivity contribution in [3.63, 3.8) is 0 Å². The first-order valence-electron chi connectivity index (χ1n) is 14.2. The maximum absolute atomic E-state index is 13.6. The molecular weight excluding hydrogens is 492 g/mol. The van der Waals surface area contributed by atoms with Gasteiger partial charge in [0.2, 0.25) is 5.91 Å². The molecule has 0 saturated carbocycles. The van der Waals surface area contributed by atoms with Crippen LogP contribution < -0.4 is 0 Å². The molecule has 0 bridgehead atoms. The molecule has 0 aliphatic carbocycles. The Balaban J connectivity index is 1.58. The predicted molar refractivity (Wildman–Crippen MR) is 157 cm³/mol. The molecule has 0 radical (unpaired) electrons. The third-order valence-electron chi connectivity index (χ3n) is 8.05. The standard InChI is InChI=1S/C31H44N4O2S/c1-7-24(8-2)35-28-12-11-22(17-27(28)32-30(35)19-26-10-9-15-38-26)29(36)18-23(16-21(3)4)31(37)34-14-13-25(20-34)33(5)6/h9-12,15,17,21,23-25H,7-8,13-14,16,18-20H2,1-6H3/t23-,25+/m1/s1. The molecule has 3 aromatic rings. The first kappa shape index (κ1) is 28.5. The summed E-state index contributed by atoms with van der Waals surface area (Å²) in [6.45, 7) is 10.2. The minimum absolute atomic E-state index is 0.0335. The maximum atomic E-state index is 13.6. The number of carbonyl (C=O) groups is 2. The van der Waals surface area contributed by atoms with Crippen molar-refractivity contribution in [3.05, 3.63) is 52.0 Å². The summed E-state index contributed by atoms with van der Waals surface area (Å²) in [6.07, 6.45) is 4.82. The molecule has 4 rings (SSSR count). The van der Waals surface area contributed by atoms with Crippen LogP contribution in [-0.4, -0.2) is 64.3 Å². The lowest BCUT2D eigenvalue weighted by molar-refractivity contribution is -0.135. The second kappa shape index (κ2) is 12.6. The fraction of sp³-hybridized carbons (Fsp3) is 0.581. The van der Waals surface area contributed by atoms with E-state index in [-0.39, 0.29) is 24.0 Å². The number of fused-ring (bicyclic) bond motifs is 1. The zero-order valence-corrected chi connectivity index (χ0v) is 24.8. The largest absolute Gasteiger partial charge is 0.341 e. The molecule has 206 valence electrons. The predicted octanol–water partition coefficient (Wildman–Crippen LogP) is 6.45. The van der Waals surface area contributed by atoms with Gasteiger partial charge in [-0.1, -0.05) is 33.8 Å². The zero-order chi connectivity index (χ0) is 27.4. The summed E-state index contributed by atoms with van der Waals surface area (Å²) in [5.41, 5.74) is 2.61. The van der Waals surface area contributed by atoms with Crippen molar-refractivity contribution >= 4 is 34.1 Å². The highest BCUT2D eigenvalue weighted by Gasteiger charge is 2.33. The molecule has 1 aliphatic heterocycles. The Morgan fingerprint density at radius 1 is 1.16 bits per heavy atom. The van der Waals surface area contributed by atoms with Gasteiger partial charge in [0.25, 0.3) is 0 Å². The molecule has 1 aromatic carbocycles. The maximum Gasteiger partial charge on any atom is 0.226 e. The summed E-state index contributed by atoms with van der Waals surface area (Å²) in [6, 6.07) is 11.0. The van der Waals surface area contributed by atoms with E-state index < -0.39 is 0 Å². The zero-order valence-electron chi connectivity index (χ0n) is 23.9. The summed E-state index contributed by atoms with van der Waals surface area (Å²) in [4.78, 5) is 37.6. The topological polar surface area (TPSA) is 58.4 Å². The normalized spacial score (nSPS) is 16.9. The van der Waals surface area contributed by atoms with Gasteiger partial charge in [-0.25, -0.2) is 4.98 Å². The number of aromatic nitrogens is 2. The Morgan fingerprint density at radius 3 is 2.53 bits per heavy atom. The number of Topliss-reactive ketones (excluding diaryl/α,β-unsaturated/α-hetero) is 1. The van der Waals surface area contributed by atoms with Gasteiger partial charge in [0, 0.05) is 54.4 Å². The number of hydrogen-bond donors (Lipinski definition) is 0. The fourth-order valence-corrected chi connectivity index (χ4v) is 6.58. The van der Waals surface area contributed by atoms with E-state index in [2.05, 4.69) is 74.8 Å². The van der Waals surface area contributed by atoms with Crippen molar-refractivity contribution in [1.82, 2.24) is 19.4 Å². The third kappa shape index (κ3) is 6.37. The van der Waals surface area contributed by atoms with Gasteiger partial charge >= 0.3 is 0 Å². The highest BCUT2D eigenvalue weighted by molar-refractivity contribution is 7.09. The lowest BCUT2D eigenvalue weighted by Crippen LogP contribution is -2.38. The number of carbonyl (C=O) groups excluding carboxylic acids is 2. The summed E-state index contributed by atoms with van der Waals surface area (Å²) in [5.74, 6) is 1.29. The van der Waals surface area contributed by atoms with E-state index in [9.17, 15) is 9.59 Å². The van der Waals surface area contributed by atoms with Crippen LogP contribution in [0.1, 0.15) is 86.9 Å². The van der Waals surface area contributed by atoms with Gasteiger partial charge in [0.15, 0.2) is 5.78 Å². The molecule has 3 heterocycles. The van der Waals surface area contributed by atoms with Crippen LogP contribution in [0.5, 0.6) is 0 Å². The molecule has 1 amide bonds. The fourth-order valence-electron chi connectivity index (χ4n) is 5.88. The van der Waals surface area contributed by atoms with Gasteiger partial charge in [0.1, 0.15) is 5.82 Å². The number of imidazole rings is 1. The summed E-state index contributed by atoms with van der Waals surface area (Å²) in [5, 5.41) is 2.11. The van der Waals surface area contributed by atoms with Gasteiger partial charge in [-0.15, -0.1) is 11.3 Å². The Kier molecular flexibility index (Phi) is 9.42. The molecule has 38 heavy (non-hydrogen) atoms. The van der Waals surface area contributed by atoms with Crippen molar-refractivity contribution in [1.29, 1.82) is 0 Å². The number of thiophene rings is 1. The second-order valence-corrected chi connectivity index (χ2v) is 12.5. The minimum atomic E-state index is -0.282. The summed E-state index contributed by atoms with van der Waals surface area (Å²) in [7, 11) is 4.14. The second-order valence-electron chi connectivity index (χ2n) is 11.5. The van der Waals surface area contributed by atoms with E-state index in [1.54, 1.807) is 11.3 Å². The Bertz CT molecular complexity index is 1230. The van der Waals surface area contributed by atoms with Crippen LogP contribution in [0.15, 0.2) is 35.7 Å². The van der Waals surface area contributed by atoms with E-state index >= 15 is 0 Å². The number of likely N-dealkylation sites (N-methyl/N-ethyl adjacent to an activating group) is 1. The van der Waals surface area contributed by atoms with Crippen molar-refractivity contribution in [2.45, 2.75) is 78.3 Å². The third-order valence-corrected chi connectivity index (χ3v) is 8.92. The van der Waals surface area contributed by atoms with Crippen LogP contribution in [0.4, 0.5) is 0 Å².